The van der Waals surface area contributed by atoms with Crippen LogP contribution in [0.2, 0.25) is 0 Å². The summed E-state index contributed by atoms with van der Waals surface area (Å²) in [7, 11) is 1.50. The molecule has 0 amide bonds. The van der Waals surface area contributed by atoms with E-state index < -0.39 is 5.83 Å². The van der Waals surface area contributed by atoms with Crippen LogP contribution in [0.1, 0.15) is 11.1 Å². The van der Waals surface area contributed by atoms with Gasteiger partial charge in [0.05, 0.1) is 18.4 Å². The molecule has 0 aromatic heterocycles. The van der Waals surface area contributed by atoms with Crippen LogP contribution in [0.5, 0.6) is 0 Å². The molecule has 0 bridgehead atoms. The van der Waals surface area contributed by atoms with E-state index in [1.807, 2.05) is 25.1 Å². The van der Waals surface area contributed by atoms with Crippen molar-refractivity contribution >= 4 is 31.4 Å². The molecular weight excluding hydrogens is 327 g/mol. The third-order valence-electron chi connectivity index (χ3n) is 2.67. The molecular formula is C16H23FN6S. The number of aryl methyl sites for hydroxylation is 1. The lowest BCUT2D eigenvalue weighted by atomic mass is 10.1. The van der Waals surface area contributed by atoms with E-state index in [-0.39, 0.29) is 18.1 Å². The normalized spacial score (nSPS) is 12.1. The van der Waals surface area contributed by atoms with Gasteiger partial charge in [0.1, 0.15) is 0 Å². The van der Waals surface area contributed by atoms with Gasteiger partial charge in [0, 0.05) is 17.3 Å². The van der Waals surface area contributed by atoms with Gasteiger partial charge >= 0.3 is 0 Å². The molecule has 1 aromatic carbocycles. The minimum absolute atomic E-state index is 0.0816. The Bertz CT molecular complexity index is 652. The van der Waals surface area contributed by atoms with Gasteiger partial charge in [-0.15, -0.1) is 12.6 Å². The SMILES string of the molecule is C=N/C=C(/F)C(=NCc1cc(C)ccc1S)N/C(C=N)=C/N.CN. The molecule has 0 heterocycles. The molecule has 0 aliphatic carbocycles. The Balaban J connectivity index is 0.00000254. The van der Waals surface area contributed by atoms with E-state index >= 15 is 0 Å². The number of rotatable bonds is 6. The second kappa shape index (κ2) is 12.0. The van der Waals surface area contributed by atoms with Gasteiger partial charge in [-0.25, -0.2) is 4.39 Å². The Morgan fingerprint density at radius 2 is 2.12 bits per heavy atom. The predicted octanol–water partition coefficient (Wildman–Crippen LogP) is 2.31. The van der Waals surface area contributed by atoms with Crippen molar-refractivity contribution in [2.75, 3.05) is 7.05 Å². The smallest absolute Gasteiger partial charge is 0.183 e. The molecule has 0 spiro atoms. The third kappa shape index (κ3) is 7.21. The Morgan fingerprint density at radius 3 is 2.67 bits per heavy atom. The number of aliphatic imine (C=N–C) groups is 2. The van der Waals surface area contributed by atoms with E-state index in [1.54, 1.807) is 0 Å². The summed E-state index contributed by atoms with van der Waals surface area (Å²) in [6, 6.07) is 5.71. The number of nitrogens with one attached hydrogen (secondary N) is 2. The van der Waals surface area contributed by atoms with Crippen molar-refractivity contribution in [3.05, 3.63) is 53.2 Å². The molecule has 130 valence electrons. The van der Waals surface area contributed by atoms with Crippen LogP contribution in [0.15, 0.2) is 57.0 Å². The summed E-state index contributed by atoms with van der Waals surface area (Å²) in [6.07, 6.45) is 3.04. The summed E-state index contributed by atoms with van der Waals surface area (Å²) in [6.45, 7) is 5.37. The van der Waals surface area contributed by atoms with E-state index in [4.69, 9.17) is 11.1 Å². The first kappa shape index (κ1) is 21.6. The molecule has 6 N–H and O–H groups in total. The van der Waals surface area contributed by atoms with E-state index in [2.05, 4.69) is 40.4 Å². The van der Waals surface area contributed by atoms with Gasteiger partial charge in [0.2, 0.25) is 0 Å². The van der Waals surface area contributed by atoms with Crippen LogP contribution < -0.4 is 16.8 Å². The Labute approximate surface area is 147 Å². The molecule has 8 heteroatoms. The van der Waals surface area contributed by atoms with Crippen LogP contribution in [-0.4, -0.2) is 25.8 Å². The van der Waals surface area contributed by atoms with Crippen LogP contribution in [0, 0.1) is 12.3 Å². The number of benzene rings is 1. The van der Waals surface area contributed by atoms with Gasteiger partial charge in [-0.2, -0.15) is 0 Å². The van der Waals surface area contributed by atoms with E-state index in [0.29, 0.717) is 0 Å². The van der Waals surface area contributed by atoms with Gasteiger partial charge in [0.25, 0.3) is 0 Å². The molecule has 0 unspecified atom stereocenters. The quantitative estimate of drug-likeness (QED) is 0.308. The molecule has 0 saturated carbocycles. The zero-order chi connectivity index (χ0) is 18.5. The van der Waals surface area contributed by atoms with E-state index in [0.717, 1.165) is 34.6 Å². The Kier molecular flexibility index (Phi) is 10.8. The minimum Gasteiger partial charge on any atom is -0.403 e. The lowest BCUT2D eigenvalue weighted by Gasteiger charge is -2.09. The molecule has 1 aromatic rings. The third-order valence-corrected chi connectivity index (χ3v) is 3.11. The average Bonchev–Trinajstić information content (AvgIpc) is 2.60. The molecule has 0 fully saturated rings. The maximum Gasteiger partial charge on any atom is 0.183 e. The molecule has 0 radical (unpaired) electrons. The first-order valence-corrected chi connectivity index (χ1v) is 7.38. The van der Waals surface area contributed by atoms with Crippen molar-refractivity contribution in [2.24, 2.45) is 21.5 Å². The Morgan fingerprint density at radius 1 is 1.46 bits per heavy atom. The highest BCUT2D eigenvalue weighted by atomic mass is 32.1. The summed E-state index contributed by atoms with van der Waals surface area (Å²) in [5.41, 5.74) is 12.0. The molecule has 0 aliphatic rings. The van der Waals surface area contributed by atoms with Crippen molar-refractivity contribution in [3.8, 4) is 0 Å². The summed E-state index contributed by atoms with van der Waals surface area (Å²) < 4.78 is 14.0. The predicted molar refractivity (Wildman–Crippen MR) is 103 cm³/mol. The van der Waals surface area contributed by atoms with Gasteiger partial charge in [-0.05, 0) is 32.3 Å². The summed E-state index contributed by atoms with van der Waals surface area (Å²) in [5, 5.41) is 9.80. The van der Waals surface area contributed by atoms with Crippen molar-refractivity contribution in [1.82, 2.24) is 5.32 Å². The Hall–Kier alpha value is -2.45. The zero-order valence-corrected chi connectivity index (χ0v) is 14.6. The number of hydrogen-bond donors (Lipinski definition) is 5. The lowest BCUT2D eigenvalue weighted by Crippen LogP contribution is -2.25. The van der Waals surface area contributed by atoms with Crippen LogP contribution in [0.25, 0.3) is 0 Å². The topological polar surface area (TPSA) is 113 Å². The molecule has 6 nitrogen and oxygen atoms in total. The fraction of sp³-hybridized carbons (Fsp3) is 0.188. The van der Waals surface area contributed by atoms with Crippen LogP contribution in [-0.2, 0) is 6.54 Å². The molecule has 0 aliphatic heterocycles. The zero-order valence-electron chi connectivity index (χ0n) is 13.8. The number of halogens is 1. The second-order valence-electron chi connectivity index (χ2n) is 4.35. The molecule has 0 atom stereocenters. The largest absolute Gasteiger partial charge is 0.403 e. The van der Waals surface area contributed by atoms with E-state index in [9.17, 15) is 4.39 Å². The van der Waals surface area contributed by atoms with Crippen LogP contribution in [0.3, 0.4) is 0 Å². The first-order chi connectivity index (χ1) is 11.5. The minimum atomic E-state index is -0.704. The number of amidine groups is 1. The summed E-state index contributed by atoms with van der Waals surface area (Å²) in [4.78, 5) is 8.31. The molecule has 24 heavy (non-hydrogen) atoms. The first-order valence-electron chi connectivity index (χ1n) is 6.93. The number of nitrogens with zero attached hydrogens (tertiary/aromatic N) is 2. The summed E-state index contributed by atoms with van der Waals surface area (Å²) in [5.74, 6) is -0.786. The van der Waals surface area contributed by atoms with Crippen molar-refractivity contribution in [3.63, 3.8) is 0 Å². The number of nitrogens with two attached hydrogens (primary N) is 2. The van der Waals surface area contributed by atoms with Crippen molar-refractivity contribution in [1.29, 1.82) is 5.41 Å². The summed E-state index contributed by atoms with van der Waals surface area (Å²) >= 11 is 4.35. The highest BCUT2D eigenvalue weighted by molar-refractivity contribution is 7.80. The van der Waals surface area contributed by atoms with Gasteiger partial charge in [-0.1, -0.05) is 17.7 Å². The number of allylic oxidation sites excluding steroid dienone is 1. The highest BCUT2D eigenvalue weighted by Gasteiger charge is 2.08. The second-order valence-corrected chi connectivity index (χ2v) is 4.83. The maximum absolute atomic E-state index is 14.0. The monoisotopic (exact) mass is 350 g/mol. The maximum atomic E-state index is 14.0. The van der Waals surface area contributed by atoms with Crippen molar-refractivity contribution in [2.45, 2.75) is 18.4 Å². The van der Waals surface area contributed by atoms with Crippen LogP contribution >= 0.6 is 12.6 Å². The van der Waals surface area contributed by atoms with E-state index in [1.165, 1.54) is 7.05 Å². The van der Waals surface area contributed by atoms with Crippen LogP contribution in [0.4, 0.5) is 4.39 Å². The fourth-order valence-corrected chi connectivity index (χ4v) is 1.79. The average molecular weight is 350 g/mol. The molecule has 0 saturated heterocycles. The standard InChI is InChI=1S/C15H18FN5S.CH5N/c1-10-3-4-14(22)11(5-10)8-20-15(13(16)9-19-2)21-12(6-17)7-18;1-2/h3-7,9,17,22H,2,8,18H2,1H3,(H,20,21);2H2,1H3/b12-7+,13-9+,17-6?;. The number of thiol groups is 1. The highest BCUT2D eigenvalue weighted by Crippen LogP contribution is 2.17. The van der Waals surface area contributed by atoms with Gasteiger partial charge in [0.15, 0.2) is 11.7 Å². The van der Waals surface area contributed by atoms with Gasteiger partial charge in [-0.3, -0.25) is 9.98 Å². The fourth-order valence-electron chi connectivity index (χ4n) is 1.58. The lowest BCUT2D eigenvalue weighted by molar-refractivity contribution is 0.669. The molecule has 1 rings (SSSR count). The number of hydrogen-bond acceptors (Lipinski definition) is 6. The van der Waals surface area contributed by atoms with Gasteiger partial charge < -0.3 is 22.2 Å². The van der Waals surface area contributed by atoms with Crippen molar-refractivity contribution < 1.29 is 4.39 Å².